The third-order valence-electron chi connectivity index (χ3n) is 1.08. The molecule has 1 heterocycles. The molecule has 64 valence electrons. The van der Waals surface area contributed by atoms with Crippen molar-refractivity contribution in [2.45, 2.75) is 19.8 Å². The molecule has 0 aromatic carbocycles. The van der Waals surface area contributed by atoms with Crippen LogP contribution in [0.5, 0.6) is 0 Å². The average Bonchev–Trinajstić information content (AvgIpc) is 2.42. The number of aryl methyl sites for hydroxylation is 1. The fourth-order valence-electron chi connectivity index (χ4n) is 0.701. The van der Waals surface area contributed by atoms with E-state index in [0.717, 1.165) is 0 Å². The molecule has 0 amide bonds. The Morgan fingerprint density at radius 1 is 1.45 bits per heavy atom. The van der Waals surface area contributed by atoms with Gasteiger partial charge in [-0.2, -0.15) is 0 Å². The lowest BCUT2D eigenvalue weighted by Crippen LogP contribution is -1.89. The van der Waals surface area contributed by atoms with Crippen LogP contribution in [0.25, 0.3) is 0 Å². The van der Waals surface area contributed by atoms with Gasteiger partial charge in [0.05, 0.1) is 0 Å². The third-order valence-corrected chi connectivity index (χ3v) is 2.01. The molecule has 1 aromatic rings. The predicted molar refractivity (Wildman–Crippen MR) is 53.3 cm³/mol. The zero-order valence-electron chi connectivity index (χ0n) is 7.55. The second kappa shape index (κ2) is 7.76. The molecule has 11 heavy (non-hydrogen) atoms. The van der Waals surface area contributed by atoms with Crippen LogP contribution in [-0.2, 0) is 6.42 Å². The van der Waals surface area contributed by atoms with E-state index in [9.17, 15) is 0 Å². The molecule has 1 rings (SSSR count). The van der Waals surface area contributed by atoms with Crippen LogP contribution in [0.3, 0.4) is 0 Å². The Bertz CT molecular complexity index is 147. The van der Waals surface area contributed by atoms with Crippen molar-refractivity contribution < 1.29 is 0 Å². The summed E-state index contributed by atoms with van der Waals surface area (Å²) in [4.78, 5) is 1.51. The van der Waals surface area contributed by atoms with E-state index in [1.54, 1.807) is 0 Å². The SMILES string of the molecule is CCCc1cccs1.CNC. The summed E-state index contributed by atoms with van der Waals surface area (Å²) >= 11 is 1.85. The summed E-state index contributed by atoms with van der Waals surface area (Å²) in [5.41, 5.74) is 0. The fourth-order valence-corrected chi connectivity index (χ4v) is 1.51. The molecule has 0 saturated heterocycles. The van der Waals surface area contributed by atoms with Crippen molar-refractivity contribution in [3.05, 3.63) is 22.4 Å². The highest BCUT2D eigenvalue weighted by atomic mass is 32.1. The van der Waals surface area contributed by atoms with Crippen LogP contribution in [0.4, 0.5) is 0 Å². The molecule has 0 bridgehead atoms. The maximum atomic E-state index is 2.75. The molecule has 0 aliphatic rings. The Labute approximate surface area is 73.5 Å². The standard InChI is InChI=1S/C7H10S.C2H7N/c1-2-4-7-5-3-6-8-7;1-3-2/h3,5-6H,2,4H2,1H3;3H,1-2H3. The van der Waals surface area contributed by atoms with Gasteiger partial charge in [-0.05, 0) is 32.0 Å². The zero-order valence-corrected chi connectivity index (χ0v) is 8.37. The van der Waals surface area contributed by atoms with E-state index < -0.39 is 0 Å². The minimum atomic E-state index is 1.25. The van der Waals surface area contributed by atoms with Crippen molar-refractivity contribution in [3.8, 4) is 0 Å². The summed E-state index contributed by atoms with van der Waals surface area (Å²) in [5, 5.41) is 4.88. The van der Waals surface area contributed by atoms with Gasteiger partial charge in [0.1, 0.15) is 0 Å². The summed E-state index contributed by atoms with van der Waals surface area (Å²) in [6.07, 6.45) is 2.51. The van der Waals surface area contributed by atoms with Crippen molar-refractivity contribution >= 4 is 11.3 Å². The first-order chi connectivity index (χ1) is 5.35. The van der Waals surface area contributed by atoms with Crippen molar-refractivity contribution in [1.82, 2.24) is 5.32 Å². The van der Waals surface area contributed by atoms with Gasteiger partial charge >= 0.3 is 0 Å². The lowest BCUT2D eigenvalue weighted by Gasteiger charge is -1.85. The Hall–Kier alpha value is -0.340. The Morgan fingerprint density at radius 3 is 2.45 bits per heavy atom. The van der Waals surface area contributed by atoms with Crippen LogP contribution in [0, 0.1) is 0 Å². The van der Waals surface area contributed by atoms with E-state index >= 15 is 0 Å². The van der Waals surface area contributed by atoms with Crippen molar-refractivity contribution in [2.75, 3.05) is 14.1 Å². The van der Waals surface area contributed by atoms with Gasteiger partial charge in [0.2, 0.25) is 0 Å². The summed E-state index contributed by atoms with van der Waals surface area (Å²) < 4.78 is 0. The van der Waals surface area contributed by atoms with Crippen LogP contribution < -0.4 is 5.32 Å². The molecule has 0 aliphatic heterocycles. The maximum Gasteiger partial charge on any atom is 0.00451 e. The molecule has 1 aromatic heterocycles. The molecule has 0 saturated carbocycles. The van der Waals surface area contributed by atoms with Crippen LogP contribution in [-0.4, -0.2) is 14.1 Å². The summed E-state index contributed by atoms with van der Waals surface area (Å²) in [6.45, 7) is 2.21. The minimum Gasteiger partial charge on any atom is -0.323 e. The number of hydrogen-bond donors (Lipinski definition) is 1. The number of hydrogen-bond acceptors (Lipinski definition) is 2. The van der Waals surface area contributed by atoms with Crippen LogP contribution >= 0.6 is 11.3 Å². The molecule has 0 spiro atoms. The smallest absolute Gasteiger partial charge is 0.00451 e. The van der Waals surface area contributed by atoms with Gasteiger partial charge in [-0.1, -0.05) is 19.4 Å². The van der Waals surface area contributed by atoms with Crippen molar-refractivity contribution in [2.24, 2.45) is 0 Å². The molecule has 0 atom stereocenters. The van der Waals surface area contributed by atoms with Gasteiger partial charge in [-0.3, -0.25) is 0 Å². The first-order valence-electron chi connectivity index (χ1n) is 3.96. The van der Waals surface area contributed by atoms with Gasteiger partial charge in [0, 0.05) is 4.88 Å². The van der Waals surface area contributed by atoms with Gasteiger partial charge in [0.15, 0.2) is 0 Å². The topological polar surface area (TPSA) is 12.0 Å². The predicted octanol–water partition coefficient (Wildman–Crippen LogP) is 2.54. The van der Waals surface area contributed by atoms with E-state index in [1.807, 2.05) is 25.4 Å². The van der Waals surface area contributed by atoms with E-state index in [2.05, 4.69) is 29.8 Å². The Kier molecular flexibility index (Phi) is 7.52. The molecular formula is C9H17NS. The van der Waals surface area contributed by atoms with E-state index in [4.69, 9.17) is 0 Å². The van der Waals surface area contributed by atoms with Crippen LogP contribution in [0.1, 0.15) is 18.2 Å². The second-order valence-electron chi connectivity index (χ2n) is 2.33. The minimum absolute atomic E-state index is 1.25. The number of rotatable bonds is 2. The highest BCUT2D eigenvalue weighted by Crippen LogP contribution is 2.09. The molecule has 2 heteroatoms. The van der Waals surface area contributed by atoms with Crippen LogP contribution in [0.15, 0.2) is 17.5 Å². The monoisotopic (exact) mass is 171 g/mol. The first kappa shape index (κ1) is 10.7. The molecule has 0 unspecified atom stereocenters. The second-order valence-corrected chi connectivity index (χ2v) is 3.36. The number of nitrogens with one attached hydrogen (secondary N) is 1. The zero-order chi connectivity index (χ0) is 8.53. The largest absolute Gasteiger partial charge is 0.323 e. The van der Waals surface area contributed by atoms with E-state index in [0.29, 0.717) is 0 Å². The fraction of sp³-hybridized carbons (Fsp3) is 0.556. The Morgan fingerprint density at radius 2 is 2.09 bits per heavy atom. The lowest BCUT2D eigenvalue weighted by molar-refractivity contribution is 0.940. The summed E-state index contributed by atoms with van der Waals surface area (Å²) in [5.74, 6) is 0. The van der Waals surface area contributed by atoms with Crippen molar-refractivity contribution in [3.63, 3.8) is 0 Å². The normalized spacial score (nSPS) is 8.64. The van der Waals surface area contributed by atoms with Crippen LogP contribution in [0.2, 0.25) is 0 Å². The molecule has 1 nitrogen and oxygen atoms in total. The molecular weight excluding hydrogens is 154 g/mol. The maximum absolute atomic E-state index is 2.75. The molecule has 0 fully saturated rings. The van der Waals surface area contributed by atoms with Gasteiger partial charge in [0.25, 0.3) is 0 Å². The quantitative estimate of drug-likeness (QED) is 0.721. The van der Waals surface area contributed by atoms with E-state index in [-0.39, 0.29) is 0 Å². The van der Waals surface area contributed by atoms with Gasteiger partial charge < -0.3 is 5.32 Å². The summed E-state index contributed by atoms with van der Waals surface area (Å²) in [6, 6.07) is 4.30. The average molecular weight is 171 g/mol. The summed E-state index contributed by atoms with van der Waals surface area (Å²) in [7, 11) is 3.75. The van der Waals surface area contributed by atoms with Gasteiger partial charge in [-0.15, -0.1) is 11.3 Å². The highest BCUT2D eigenvalue weighted by Gasteiger charge is 1.87. The number of thiophene rings is 1. The first-order valence-corrected chi connectivity index (χ1v) is 4.84. The third kappa shape index (κ3) is 6.07. The Balaban J connectivity index is 0.000000292. The highest BCUT2D eigenvalue weighted by molar-refractivity contribution is 7.09. The molecule has 0 radical (unpaired) electrons. The van der Waals surface area contributed by atoms with Crippen molar-refractivity contribution in [1.29, 1.82) is 0 Å². The van der Waals surface area contributed by atoms with Gasteiger partial charge in [-0.25, -0.2) is 0 Å². The molecule has 0 aliphatic carbocycles. The lowest BCUT2D eigenvalue weighted by atomic mass is 10.3. The molecule has 1 N–H and O–H groups in total. The van der Waals surface area contributed by atoms with E-state index in [1.165, 1.54) is 17.7 Å².